The standard InChI is InChI=1S/C16H24ClNO2/c1-3-4-15(13-5-7-14(17)8-6-13)18-11-16(19)9-10-20-12(16)2/h5-8,12,15,18-19H,3-4,9-11H2,1-2H3. The SMILES string of the molecule is CCCC(NCC1(O)CCOC1C)c1ccc(Cl)cc1. The molecule has 2 rings (SSSR count). The van der Waals surface area contributed by atoms with Crippen LogP contribution in [0.5, 0.6) is 0 Å². The average Bonchev–Trinajstić information content (AvgIpc) is 2.76. The van der Waals surface area contributed by atoms with Gasteiger partial charge in [-0.3, -0.25) is 0 Å². The molecule has 0 spiro atoms. The fourth-order valence-corrected chi connectivity index (χ4v) is 2.80. The van der Waals surface area contributed by atoms with Crippen LogP contribution in [0.15, 0.2) is 24.3 Å². The zero-order chi connectivity index (χ0) is 14.6. The zero-order valence-corrected chi connectivity index (χ0v) is 13.0. The van der Waals surface area contributed by atoms with Crippen molar-refractivity contribution in [1.82, 2.24) is 5.32 Å². The third-order valence-electron chi connectivity index (χ3n) is 4.16. The van der Waals surface area contributed by atoms with Crippen LogP contribution in [0.3, 0.4) is 0 Å². The van der Waals surface area contributed by atoms with E-state index in [1.807, 2.05) is 31.2 Å². The normalized spacial score (nSPS) is 27.7. The molecule has 1 fully saturated rings. The largest absolute Gasteiger partial charge is 0.386 e. The Morgan fingerprint density at radius 3 is 2.70 bits per heavy atom. The molecule has 20 heavy (non-hydrogen) atoms. The van der Waals surface area contributed by atoms with Gasteiger partial charge >= 0.3 is 0 Å². The molecule has 1 aromatic carbocycles. The summed E-state index contributed by atoms with van der Waals surface area (Å²) in [6.45, 7) is 5.30. The highest BCUT2D eigenvalue weighted by Crippen LogP contribution is 2.27. The molecule has 2 N–H and O–H groups in total. The monoisotopic (exact) mass is 297 g/mol. The molecule has 3 unspecified atom stereocenters. The topological polar surface area (TPSA) is 41.5 Å². The van der Waals surface area contributed by atoms with Gasteiger partial charge in [0.2, 0.25) is 0 Å². The Hall–Kier alpha value is -0.610. The van der Waals surface area contributed by atoms with Gasteiger partial charge in [0.05, 0.1) is 6.10 Å². The molecule has 4 heteroatoms. The number of hydrogen-bond donors (Lipinski definition) is 2. The molecule has 0 aliphatic carbocycles. The molecule has 1 aliphatic heterocycles. The van der Waals surface area contributed by atoms with Crippen LogP contribution in [0.25, 0.3) is 0 Å². The van der Waals surface area contributed by atoms with Crippen molar-refractivity contribution in [1.29, 1.82) is 0 Å². The first kappa shape index (κ1) is 15.8. The van der Waals surface area contributed by atoms with Crippen molar-refractivity contribution in [3.05, 3.63) is 34.9 Å². The first-order valence-corrected chi connectivity index (χ1v) is 7.76. The highest BCUT2D eigenvalue weighted by atomic mass is 35.5. The van der Waals surface area contributed by atoms with Gasteiger partial charge in [0, 0.05) is 30.6 Å². The summed E-state index contributed by atoms with van der Waals surface area (Å²) in [5.41, 5.74) is 0.463. The van der Waals surface area contributed by atoms with Crippen LogP contribution in [-0.2, 0) is 4.74 Å². The van der Waals surface area contributed by atoms with E-state index in [4.69, 9.17) is 16.3 Å². The lowest BCUT2D eigenvalue weighted by atomic mass is 9.95. The van der Waals surface area contributed by atoms with Crippen LogP contribution < -0.4 is 5.32 Å². The molecule has 0 bridgehead atoms. The van der Waals surface area contributed by atoms with Gasteiger partial charge in [0.1, 0.15) is 5.60 Å². The second kappa shape index (κ2) is 6.90. The maximum atomic E-state index is 10.6. The maximum Gasteiger partial charge on any atom is 0.105 e. The lowest BCUT2D eigenvalue weighted by Gasteiger charge is -2.29. The number of rotatable bonds is 6. The van der Waals surface area contributed by atoms with Crippen molar-refractivity contribution < 1.29 is 9.84 Å². The lowest BCUT2D eigenvalue weighted by Crippen LogP contribution is -2.46. The molecule has 3 atom stereocenters. The van der Waals surface area contributed by atoms with Gasteiger partial charge in [-0.25, -0.2) is 0 Å². The van der Waals surface area contributed by atoms with Crippen molar-refractivity contribution >= 4 is 11.6 Å². The van der Waals surface area contributed by atoms with E-state index in [-0.39, 0.29) is 12.1 Å². The third-order valence-corrected chi connectivity index (χ3v) is 4.42. The average molecular weight is 298 g/mol. The molecule has 1 saturated heterocycles. The molecule has 1 aromatic rings. The van der Waals surface area contributed by atoms with E-state index >= 15 is 0 Å². The van der Waals surface area contributed by atoms with Crippen LogP contribution in [-0.4, -0.2) is 30.0 Å². The Labute approximate surface area is 126 Å². The number of nitrogens with one attached hydrogen (secondary N) is 1. The fraction of sp³-hybridized carbons (Fsp3) is 0.625. The van der Waals surface area contributed by atoms with E-state index in [9.17, 15) is 5.11 Å². The summed E-state index contributed by atoms with van der Waals surface area (Å²) in [6, 6.07) is 8.17. The smallest absolute Gasteiger partial charge is 0.105 e. The van der Waals surface area contributed by atoms with E-state index in [2.05, 4.69) is 12.2 Å². The number of ether oxygens (including phenoxy) is 1. The Balaban J connectivity index is 2.00. The van der Waals surface area contributed by atoms with Crippen molar-refractivity contribution in [2.45, 2.75) is 50.9 Å². The second-order valence-corrected chi connectivity index (χ2v) is 6.08. The minimum Gasteiger partial charge on any atom is -0.386 e. The molecular formula is C16H24ClNO2. The van der Waals surface area contributed by atoms with Gasteiger partial charge in [0.15, 0.2) is 0 Å². The fourth-order valence-electron chi connectivity index (χ4n) is 2.67. The molecule has 0 saturated carbocycles. The molecule has 0 aromatic heterocycles. The highest BCUT2D eigenvalue weighted by molar-refractivity contribution is 6.30. The first-order chi connectivity index (χ1) is 9.55. The molecule has 112 valence electrons. The van der Waals surface area contributed by atoms with Crippen molar-refractivity contribution in [2.75, 3.05) is 13.2 Å². The van der Waals surface area contributed by atoms with E-state index in [1.165, 1.54) is 5.56 Å². The Bertz CT molecular complexity index is 423. The van der Waals surface area contributed by atoms with Crippen LogP contribution in [0.2, 0.25) is 5.02 Å². The predicted molar refractivity (Wildman–Crippen MR) is 82.1 cm³/mol. The van der Waals surface area contributed by atoms with E-state index in [0.717, 1.165) is 17.9 Å². The van der Waals surface area contributed by atoms with E-state index in [0.29, 0.717) is 19.6 Å². The van der Waals surface area contributed by atoms with Gasteiger partial charge in [0.25, 0.3) is 0 Å². The van der Waals surface area contributed by atoms with Crippen LogP contribution in [0.1, 0.15) is 44.7 Å². The van der Waals surface area contributed by atoms with Gasteiger partial charge in [-0.05, 0) is 31.0 Å². The first-order valence-electron chi connectivity index (χ1n) is 7.38. The summed E-state index contributed by atoms with van der Waals surface area (Å²) in [5.74, 6) is 0. The van der Waals surface area contributed by atoms with Crippen molar-refractivity contribution in [3.63, 3.8) is 0 Å². The van der Waals surface area contributed by atoms with Crippen molar-refractivity contribution in [3.8, 4) is 0 Å². The molecule has 0 amide bonds. The Morgan fingerprint density at radius 1 is 1.45 bits per heavy atom. The summed E-state index contributed by atoms with van der Waals surface area (Å²) in [4.78, 5) is 0. The predicted octanol–water partition coefficient (Wildman–Crippen LogP) is 3.31. The molecular weight excluding hydrogens is 274 g/mol. The minimum absolute atomic E-state index is 0.109. The summed E-state index contributed by atoms with van der Waals surface area (Å²) in [5, 5.41) is 14.8. The summed E-state index contributed by atoms with van der Waals surface area (Å²) in [7, 11) is 0. The third kappa shape index (κ3) is 3.73. The van der Waals surface area contributed by atoms with Gasteiger partial charge in [-0.15, -0.1) is 0 Å². The van der Waals surface area contributed by atoms with Crippen molar-refractivity contribution in [2.24, 2.45) is 0 Å². The summed E-state index contributed by atoms with van der Waals surface area (Å²) < 4.78 is 5.47. The van der Waals surface area contributed by atoms with Crippen LogP contribution >= 0.6 is 11.6 Å². The van der Waals surface area contributed by atoms with Crippen LogP contribution in [0, 0.1) is 0 Å². The second-order valence-electron chi connectivity index (χ2n) is 5.64. The van der Waals surface area contributed by atoms with E-state index in [1.54, 1.807) is 0 Å². The molecule has 0 radical (unpaired) electrons. The summed E-state index contributed by atoms with van der Waals surface area (Å²) in [6.07, 6.45) is 2.71. The zero-order valence-electron chi connectivity index (χ0n) is 12.2. The number of aliphatic hydroxyl groups is 1. The molecule has 1 heterocycles. The Morgan fingerprint density at radius 2 is 2.15 bits per heavy atom. The number of halogens is 1. The van der Waals surface area contributed by atoms with Gasteiger partial charge < -0.3 is 15.2 Å². The number of benzene rings is 1. The Kier molecular flexibility index (Phi) is 5.44. The minimum atomic E-state index is -0.752. The van der Waals surface area contributed by atoms with E-state index < -0.39 is 5.60 Å². The summed E-state index contributed by atoms with van der Waals surface area (Å²) >= 11 is 5.94. The highest BCUT2D eigenvalue weighted by Gasteiger charge is 2.39. The van der Waals surface area contributed by atoms with Gasteiger partial charge in [-0.2, -0.15) is 0 Å². The molecule has 1 aliphatic rings. The maximum absolute atomic E-state index is 10.6. The lowest BCUT2D eigenvalue weighted by molar-refractivity contribution is -0.0278. The quantitative estimate of drug-likeness (QED) is 0.846. The van der Waals surface area contributed by atoms with Gasteiger partial charge in [-0.1, -0.05) is 37.1 Å². The van der Waals surface area contributed by atoms with Crippen LogP contribution in [0.4, 0.5) is 0 Å². The number of hydrogen-bond acceptors (Lipinski definition) is 3. The molecule has 3 nitrogen and oxygen atoms in total.